The quantitative estimate of drug-likeness (QED) is 0.651. The maximum absolute atomic E-state index is 4.95. The van der Waals surface area contributed by atoms with Crippen molar-refractivity contribution in [1.29, 1.82) is 0 Å². The van der Waals surface area contributed by atoms with Gasteiger partial charge in [0.25, 0.3) is 0 Å². The van der Waals surface area contributed by atoms with Crippen LogP contribution in [0.3, 0.4) is 0 Å². The van der Waals surface area contributed by atoms with Crippen LogP contribution < -0.4 is 0 Å². The van der Waals surface area contributed by atoms with Crippen molar-refractivity contribution >= 4 is 6.08 Å². The second kappa shape index (κ2) is 3.34. The summed E-state index contributed by atoms with van der Waals surface area (Å²) in [6.07, 6.45) is 3.64. The lowest BCUT2D eigenvalue weighted by atomic mass is 10.5. The zero-order chi connectivity index (χ0) is 8.27. The molecule has 1 aromatic rings. The Labute approximate surface area is 66.3 Å². The van der Waals surface area contributed by atoms with Crippen molar-refractivity contribution in [3.8, 4) is 0 Å². The van der Waals surface area contributed by atoms with Crippen molar-refractivity contribution in [2.24, 2.45) is 7.05 Å². The van der Waals surface area contributed by atoms with E-state index in [0.717, 1.165) is 11.5 Å². The van der Waals surface area contributed by atoms with Crippen LogP contribution in [0.5, 0.6) is 0 Å². The van der Waals surface area contributed by atoms with Gasteiger partial charge in [-0.05, 0) is 6.08 Å². The minimum atomic E-state index is 0.546. The molecule has 0 aliphatic rings. The maximum atomic E-state index is 4.95. The van der Waals surface area contributed by atoms with Crippen LogP contribution in [0.4, 0.5) is 0 Å². The number of hydrogen-bond donors (Lipinski definition) is 0. The van der Waals surface area contributed by atoms with E-state index in [1.165, 1.54) is 0 Å². The van der Waals surface area contributed by atoms with E-state index in [2.05, 4.69) is 11.6 Å². The van der Waals surface area contributed by atoms with Gasteiger partial charge in [0.2, 0.25) is 0 Å². The second-order valence-electron chi connectivity index (χ2n) is 2.33. The normalized spacial score (nSPS) is 10.0. The minimum absolute atomic E-state index is 0.546. The summed E-state index contributed by atoms with van der Waals surface area (Å²) in [5.74, 6) is 0.919. The van der Waals surface area contributed by atoms with Gasteiger partial charge < -0.3 is 9.30 Å². The topological polar surface area (TPSA) is 27.1 Å². The Kier molecular flexibility index (Phi) is 2.44. The van der Waals surface area contributed by atoms with Gasteiger partial charge in [-0.3, -0.25) is 0 Å². The van der Waals surface area contributed by atoms with Crippen molar-refractivity contribution in [2.45, 2.75) is 6.61 Å². The molecule has 1 rings (SSSR count). The van der Waals surface area contributed by atoms with Crippen LogP contribution in [-0.4, -0.2) is 16.7 Å². The monoisotopic (exact) mass is 152 g/mol. The molecule has 0 bridgehead atoms. The number of hydrogen-bond acceptors (Lipinski definition) is 2. The standard InChI is InChI=1S/C8H12N2O/c1-4-7-5-10(2)8(9-7)6-11-3/h4-5H,1,6H2,2-3H3. The highest BCUT2D eigenvalue weighted by Crippen LogP contribution is 2.02. The number of ether oxygens (including phenoxy) is 1. The summed E-state index contributed by atoms with van der Waals surface area (Å²) >= 11 is 0. The first kappa shape index (κ1) is 8.01. The molecule has 0 spiro atoms. The van der Waals surface area contributed by atoms with E-state index < -0.39 is 0 Å². The molecule has 60 valence electrons. The Morgan fingerprint density at radius 3 is 3.00 bits per heavy atom. The molecule has 0 aromatic carbocycles. The fraction of sp³-hybridized carbons (Fsp3) is 0.375. The number of methoxy groups -OCH3 is 1. The molecule has 0 unspecified atom stereocenters. The summed E-state index contributed by atoms with van der Waals surface area (Å²) in [5, 5.41) is 0. The average molecular weight is 152 g/mol. The molecule has 0 amide bonds. The molecule has 1 aromatic heterocycles. The van der Waals surface area contributed by atoms with Crippen molar-refractivity contribution in [3.05, 3.63) is 24.3 Å². The van der Waals surface area contributed by atoms with Crippen LogP contribution >= 0.6 is 0 Å². The van der Waals surface area contributed by atoms with Gasteiger partial charge in [0.05, 0.1) is 5.69 Å². The van der Waals surface area contributed by atoms with Gasteiger partial charge in [0.15, 0.2) is 0 Å². The van der Waals surface area contributed by atoms with Crippen molar-refractivity contribution in [1.82, 2.24) is 9.55 Å². The van der Waals surface area contributed by atoms with Gasteiger partial charge in [0.1, 0.15) is 12.4 Å². The van der Waals surface area contributed by atoms with Crippen LogP contribution in [0.1, 0.15) is 11.5 Å². The maximum Gasteiger partial charge on any atom is 0.135 e. The molecule has 11 heavy (non-hydrogen) atoms. The van der Waals surface area contributed by atoms with Crippen molar-refractivity contribution in [3.63, 3.8) is 0 Å². The van der Waals surface area contributed by atoms with Gasteiger partial charge in [0, 0.05) is 20.4 Å². The van der Waals surface area contributed by atoms with E-state index in [0.29, 0.717) is 6.61 Å². The smallest absolute Gasteiger partial charge is 0.135 e. The Bertz CT molecular complexity index is 253. The molecule has 0 saturated heterocycles. The highest BCUT2D eigenvalue weighted by molar-refractivity contribution is 5.40. The third kappa shape index (κ3) is 1.68. The van der Waals surface area contributed by atoms with Crippen LogP contribution in [-0.2, 0) is 18.4 Å². The van der Waals surface area contributed by atoms with E-state index in [9.17, 15) is 0 Å². The predicted molar refractivity (Wildman–Crippen MR) is 44.0 cm³/mol. The van der Waals surface area contributed by atoms with E-state index in [-0.39, 0.29) is 0 Å². The van der Waals surface area contributed by atoms with E-state index in [1.807, 2.05) is 17.8 Å². The van der Waals surface area contributed by atoms with Crippen molar-refractivity contribution in [2.75, 3.05) is 7.11 Å². The Morgan fingerprint density at radius 2 is 2.55 bits per heavy atom. The predicted octanol–water partition coefficient (Wildman–Crippen LogP) is 1.21. The first-order valence-electron chi connectivity index (χ1n) is 3.41. The van der Waals surface area contributed by atoms with Gasteiger partial charge >= 0.3 is 0 Å². The molecule has 3 heteroatoms. The first-order chi connectivity index (χ1) is 5.27. The van der Waals surface area contributed by atoms with Crippen LogP contribution in [0.25, 0.3) is 6.08 Å². The lowest BCUT2D eigenvalue weighted by Crippen LogP contribution is -1.97. The number of aromatic nitrogens is 2. The van der Waals surface area contributed by atoms with E-state index in [4.69, 9.17) is 4.74 Å². The summed E-state index contributed by atoms with van der Waals surface area (Å²) in [5.41, 5.74) is 0.888. The second-order valence-corrected chi connectivity index (χ2v) is 2.33. The number of aryl methyl sites for hydroxylation is 1. The highest BCUT2D eigenvalue weighted by Gasteiger charge is 2.00. The summed E-state index contributed by atoms with van der Waals surface area (Å²) in [6, 6.07) is 0. The molecule has 3 nitrogen and oxygen atoms in total. The van der Waals surface area contributed by atoms with Crippen LogP contribution in [0, 0.1) is 0 Å². The summed E-state index contributed by atoms with van der Waals surface area (Å²) in [6.45, 7) is 4.17. The van der Waals surface area contributed by atoms with E-state index >= 15 is 0 Å². The van der Waals surface area contributed by atoms with Gasteiger partial charge in [-0.25, -0.2) is 4.98 Å². The summed E-state index contributed by atoms with van der Waals surface area (Å²) in [4.78, 5) is 4.24. The molecule has 0 radical (unpaired) electrons. The lowest BCUT2D eigenvalue weighted by Gasteiger charge is -1.96. The summed E-state index contributed by atoms with van der Waals surface area (Å²) in [7, 11) is 3.59. The fourth-order valence-electron chi connectivity index (χ4n) is 0.891. The zero-order valence-corrected chi connectivity index (χ0v) is 6.87. The Balaban J connectivity index is 2.87. The summed E-state index contributed by atoms with van der Waals surface area (Å²) < 4.78 is 6.88. The highest BCUT2D eigenvalue weighted by atomic mass is 16.5. The van der Waals surface area contributed by atoms with Crippen LogP contribution in [0.15, 0.2) is 12.8 Å². The first-order valence-corrected chi connectivity index (χ1v) is 3.41. The molecule has 0 fully saturated rings. The van der Waals surface area contributed by atoms with Gasteiger partial charge in [-0.1, -0.05) is 6.58 Å². The zero-order valence-electron chi connectivity index (χ0n) is 6.87. The third-order valence-electron chi connectivity index (χ3n) is 1.47. The number of imidazole rings is 1. The minimum Gasteiger partial charge on any atom is -0.377 e. The fourth-order valence-corrected chi connectivity index (χ4v) is 0.891. The molecular formula is C8H12N2O. The Morgan fingerprint density at radius 1 is 1.82 bits per heavy atom. The average Bonchev–Trinajstić information content (AvgIpc) is 2.33. The molecule has 0 atom stereocenters. The van der Waals surface area contributed by atoms with Crippen molar-refractivity contribution < 1.29 is 4.74 Å². The number of rotatable bonds is 3. The molecule has 0 N–H and O–H groups in total. The third-order valence-corrected chi connectivity index (χ3v) is 1.47. The number of nitrogens with zero attached hydrogens (tertiary/aromatic N) is 2. The lowest BCUT2D eigenvalue weighted by molar-refractivity contribution is 0.175. The largest absolute Gasteiger partial charge is 0.377 e. The van der Waals surface area contributed by atoms with E-state index in [1.54, 1.807) is 13.2 Å². The molecule has 1 heterocycles. The molecule has 0 aliphatic heterocycles. The van der Waals surface area contributed by atoms with Crippen LogP contribution in [0.2, 0.25) is 0 Å². The molecular weight excluding hydrogens is 140 g/mol. The van der Waals surface area contributed by atoms with Gasteiger partial charge in [-0.2, -0.15) is 0 Å². The molecule has 0 saturated carbocycles. The SMILES string of the molecule is C=Cc1cn(C)c(COC)n1. The Hall–Kier alpha value is -1.09. The molecule has 0 aliphatic carbocycles. The van der Waals surface area contributed by atoms with Gasteiger partial charge in [-0.15, -0.1) is 0 Å².